The number of carbonyl (C=O) groups excluding carboxylic acids is 1. The summed E-state index contributed by atoms with van der Waals surface area (Å²) in [6.07, 6.45) is 0. The number of carbonyl (C=O) groups is 1. The van der Waals surface area contributed by atoms with E-state index in [2.05, 4.69) is 20.8 Å². The lowest BCUT2D eigenvalue weighted by molar-refractivity contribution is 0.262. The van der Waals surface area contributed by atoms with Gasteiger partial charge in [0.25, 0.3) is 0 Å². The number of aryl methyl sites for hydroxylation is 1. The Bertz CT molecular complexity index is 829. The summed E-state index contributed by atoms with van der Waals surface area (Å²) in [5.74, 6) is 0.729. The highest BCUT2D eigenvalue weighted by Gasteiger charge is 2.09. The topological polar surface area (TPSA) is 76.1 Å². The summed E-state index contributed by atoms with van der Waals surface area (Å²) in [6.45, 7) is 2.03. The smallest absolute Gasteiger partial charge is 0.325 e. The van der Waals surface area contributed by atoms with Crippen molar-refractivity contribution in [2.75, 3.05) is 17.7 Å². The third-order valence-electron chi connectivity index (χ3n) is 3.29. The predicted molar refractivity (Wildman–Crippen MR) is 95.7 cm³/mol. The van der Waals surface area contributed by atoms with Crippen molar-refractivity contribution in [1.82, 2.24) is 10.2 Å². The quantitative estimate of drug-likeness (QED) is 0.747. The number of nitrogens with one attached hydrogen (secondary N) is 2. The standard InChI is InChI=1S/C17H16N4O2S/c1-11-3-5-12(6-4-11)15-20-21-17(24-15)19-16(22)18-13-7-9-14(23-2)10-8-13/h3-10H,1-2H3,(H2,18,19,21,22). The highest BCUT2D eigenvalue weighted by molar-refractivity contribution is 7.18. The number of benzene rings is 2. The van der Waals surface area contributed by atoms with Crippen molar-refractivity contribution in [3.8, 4) is 16.3 Å². The fraction of sp³-hybridized carbons (Fsp3) is 0.118. The lowest BCUT2D eigenvalue weighted by atomic mass is 10.2. The summed E-state index contributed by atoms with van der Waals surface area (Å²) >= 11 is 1.32. The van der Waals surface area contributed by atoms with Gasteiger partial charge in [0.05, 0.1) is 7.11 Å². The van der Waals surface area contributed by atoms with Crippen LogP contribution in [0.5, 0.6) is 5.75 Å². The molecule has 0 spiro atoms. The zero-order chi connectivity index (χ0) is 16.9. The van der Waals surface area contributed by atoms with E-state index in [9.17, 15) is 4.79 Å². The predicted octanol–water partition coefficient (Wildman–Crippen LogP) is 4.17. The molecule has 122 valence electrons. The summed E-state index contributed by atoms with van der Waals surface area (Å²) in [7, 11) is 1.59. The molecule has 0 bridgehead atoms. The maximum Gasteiger partial charge on any atom is 0.325 e. The van der Waals surface area contributed by atoms with E-state index in [1.165, 1.54) is 16.9 Å². The Kier molecular flexibility index (Phi) is 4.72. The Labute approximate surface area is 143 Å². The van der Waals surface area contributed by atoms with Crippen molar-refractivity contribution in [2.45, 2.75) is 6.92 Å². The summed E-state index contributed by atoms with van der Waals surface area (Å²) < 4.78 is 5.08. The van der Waals surface area contributed by atoms with E-state index >= 15 is 0 Å². The molecule has 0 saturated carbocycles. The average Bonchev–Trinajstić information content (AvgIpc) is 3.04. The van der Waals surface area contributed by atoms with Gasteiger partial charge in [0.15, 0.2) is 0 Å². The number of aromatic nitrogens is 2. The SMILES string of the molecule is COc1ccc(NC(=O)Nc2nnc(-c3ccc(C)cc3)s2)cc1. The number of methoxy groups -OCH3 is 1. The largest absolute Gasteiger partial charge is 0.497 e. The van der Waals surface area contributed by atoms with Crippen LogP contribution in [0.1, 0.15) is 5.56 Å². The van der Waals surface area contributed by atoms with Gasteiger partial charge in [0.2, 0.25) is 5.13 Å². The van der Waals surface area contributed by atoms with E-state index in [4.69, 9.17) is 4.74 Å². The first-order valence-electron chi connectivity index (χ1n) is 7.26. The van der Waals surface area contributed by atoms with E-state index in [1.807, 2.05) is 31.2 Å². The second kappa shape index (κ2) is 7.10. The van der Waals surface area contributed by atoms with Gasteiger partial charge >= 0.3 is 6.03 Å². The fourth-order valence-electron chi connectivity index (χ4n) is 2.02. The van der Waals surface area contributed by atoms with Crippen molar-refractivity contribution < 1.29 is 9.53 Å². The van der Waals surface area contributed by atoms with Crippen molar-refractivity contribution in [3.05, 3.63) is 54.1 Å². The van der Waals surface area contributed by atoms with Gasteiger partial charge in [-0.2, -0.15) is 0 Å². The van der Waals surface area contributed by atoms with E-state index < -0.39 is 0 Å². The Morgan fingerprint density at radius 3 is 2.38 bits per heavy atom. The van der Waals surface area contributed by atoms with E-state index in [1.54, 1.807) is 31.4 Å². The maximum absolute atomic E-state index is 12.0. The number of amides is 2. The van der Waals surface area contributed by atoms with Crippen molar-refractivity contribution in [1.29, 1.82) is 0 Å². The number of nitrogens with zero attached hydrogens (tertiary/aromatic N) is 2. The van der Waals surface area contributed by atoms with Gasteiger partial charge in [-0.25, -0.2) is 4.79 Å². The van der Waals surface area contributed by atoms with Crippen LogP contribution in [0, 0.1) is 6.92 Å². The molecule has 0 aliphatic rings. The van der Waals surface area contributed by atoms with Crippen LogP contribution in [0.15, 0.2) is 48.5 Å². The molecule has 6 nitrogen and oxygen atoms in total. The van der Waals surface area contributed by atoms with Gasteiger partial charge in [-0.05, 0) is 31.2 Å². The van der Waals surface area contributed by atoms with Crippen LogP contribution in [0.25, 0.3) is 10.6 Å². The number of rotatable bonds is 4. The zero-order valence-corrected chi connectivity index (χ0v) is 14.1. The minimum absolute atomic E-state index is 0.369. The molecule has 24 heavy (non-hydrogen) atoms. The molecule has 0 fully saturated rings. The lowest BCUT2D eigenvalue weighted by Crippen LogP contribution is -2.19. The third kappa shape index (κ3) is 3.88. The normalized spacial score (nSPS) is 10.2. The van der Waals surface area contributed by atoms with Crippen LogP contribution in [-0.2, 0) is 0 Å². The van der Waals surface area contributed by atoms with Crippen LogP contribution in [0.3, 0.4) is 0 Å². The fourth-order valence-corrected chi connectivity index (χ4v) is 2.76. The van der Waals surface area contributed by atoms with E-state index in [0.29, 0.717) is 10.8 Å². The second-order valence-electron chi connectivity index (χ2n) is 5.09. The Morgan fingerprint density at radius 1 is 1.00 bits per heavy atom. The van der Waals surface area contributed by atoms with Crippen LogP contribution in [-0.4, -0.2) is 23.3 Å². The van der Waals surface area contributed by atoms with Crippen molar-refractivity contribution in [3.63, 3.8) is 0 Å². The molecule has 0 aliphatic carbocycles. The monoisotopic (exact) mass is 340 g/mol. The summed E-state index contributed by atoms with van der Waals surface area (Å²) in [6, 6.07) is 14.7. The molecule has 1 heterocycles. The maximum atomic E-state index is 12.0. The molecule has 0 unspecified atom stereocenters. The molecular formula is C17H16N4O2S. The first-order chi connectivity index (χ1) is 11.6. The number of hydrogen-bond acceptors (Lipinski definition) is 5. The molecule has 0 atom stereocenters. The number of ether oxygens (including phenoxy) is 1. The Morgan fingerprint density at radius 2 is 1.71 bits per heavy atom. The highest BCUT2D eigenvalue weighted by atomic mass is 32.1. The van der Waals surface area contributed by atoms with Gasteiger partial charge in [0, 0.05) is 11.3 Å². The molecule has 0 radical (unpaired) electrons. The van der Waals surface area contributed by atoms with E-state index in [0.717, 1.165) is 16.3 Å². The minimum Gasteiger partial charge on any atom is -0.497 e. The molecule has 3 aromatic rings. The van der Waals surface area contributed by atoms with Crippen LogP contribution >= 0.6 is 11.3 Å². The van der Waals surface area contributed by atoms with Crippen LogP contribution in [0.2, 0.25) is 0 Å². The van der Waals surface area contributed by atoms with Crippen molar-refractivity contribution >= 4 is 28.2 Å². The van der Waals surface area contributed by atoms with Crippen LogP contribution < -0.4 is 15.4 Å². The molecular weight excluding hydrogens is 324 g/mol. The van der Waals surface area contributed by atoms with Crippen LogP contribution in [0.4, 0.5) is 15.6 Å². The Hall–Kier alpha value is -2.93. The summed E-state index contributed by atoms with van der Waals surface area (Å²) in [5, 5.41) is 14.7. The number of anilines is 2. The number of urea groups is 1. The molecule has 2 aromatic carbocycles. The lowest BCUT2D eigenvalue weighted by Gasteiger charge is -2.05. The molecule has 3 rings (SSSR count). The minimum atomic E-state index is -0.369. The molecule has 0 aliphatic heterocycles. The molecule has 2 N–H and O–H groups in total. The second-order valence-corrected chi connectivity index (χ2v) is 6.06. The summed E-state index contributed by atoms with van der Waals surface area (Å²) in [4.78, 5) is 12.0. The zero-order valence-electron chi connectivity index (χ0n) is 13.2. The molecule has 1 aromatic heterocycles. The first kappa shape index (κ1) is 15.9. The first-order valence-corrected chi connectivity index (χ1v) is 8.08. The molecule has 7 heteroatoms. The van der Waals surface area contributed by atoms with Gasteiger partial charge in [-0.15, -0.1) is 10.2 Å². The highest BCUT2D eigenvalue weighted by Crippen LogP contribution is 2.26. The van der Waals surface area contributed by atoms with Gasteiger partial charge < -0.3 is 10.1 Å². The van der Waals surface area contributed by atoms with Gasteiger partial charge in [-0.3, -0.25) is 5.32 Å². The summed E-state index contributed by atoms with van der Waals surface area (Å²) in [5.41, 5.74) is 2.82. The average molecular weight is 340 g/mol. The molecule has 2 amide bonds. The number of hydrogen-bond donors (Lipinski definition) is 2. The van der Waals surface area contributed by atoms with Crippen molar-refractivity contribution in [2.24, 2.45) is 0 Å². The van der Waals surface area contributed by atoms with E-state index in [-0.39, 0.29) is 6.03 Å². The van der Waals surface area contributed by atoms with Gasteiger partial charge in [-0.1, -0.05) is 41.2 Å². The third-order valence-corrected chi connectivity index (χ3v) is 4.18. The van der Waals surface area contributed by atoms with Gasteiger partial charge in [0.1, 0.15) is 10.8 Å². The Balaban J connectivity index is 1.63. The molecule has 0 saturated heterocycles.